The topological polar surface area (TPSA) is 0 Å². The predicted molar refractivity (Wildman–Crippen MR) is 75.1 cm³/mol. The third kappa shape index (κ3) is 1.68. The molecule has 0 saturated heterocycles. The SMILES string of the molecule is CC(C)(C)C1=Cc2c(ccc3ccccc23)C1. The molecular formula is C17H18. The molecule has 1 aliphatic carbocycles. The van der Waals surface area contributed by atoms with Gasteiger partial charge in [-0.3, -0.25) is 0 Å². The summed E-state index contributed by atoms with van der Waals surface area (Å²) in [6.07, 6.45) is 3.52. The van der Waals surface area contributed by atoms with Crippen molar-refractivity contribution in [2.75, 3.05) is 0 Å². The molecule has 0 unspecified atom stereocenters. The van der Waals surface area contributed by atoms with Gasteiger partial charge in [0, 0.05) is 0 Å². The fourth-order valence-corrected chi connectivity index (χ4v) is 2.58. The van der Waals surface area contributed by atoms with Crippen LogP contribution in [0, 0.1) is 5.41 Å². The fraction of sp³-hybridized carbons (Fsp3) is 0.294. The maximum absolute atomic E-state index is 2.40. The lowest BCUT2D eigenvalue weighted by Crippen LogP contribution is -2.08. The lowest BCUT2D eigenvalue weighted by molar-refractivity contribution is 0.498. The van der Waals surface area contributed by atoms with Gasteiger partial charge in [0.15, 0.2) is 0 Å². The summed E-state index contributed by atoms with van der Waals surface area (Å²) in [5.41, 5.74) is 4.74. The third-order valence-electron chi connectivity index (χ3n) is 3.72. The molecular weight excluding hydrogens is 204 g/mol. The van der Waals surface area contributed by atoms with Crippen molar-refractivity contribution in [3.05, 3.63) is 53.1 Å². The number of hydrogen-bond acceptors (Lipinski definition) is 0. The van der Waals surface area contributed by atoms with Gasteiger partial charge in [0.25, 0.3) is 0 Å². The Hall–Kier alpha value is -1.56. The molecule has 2 aromatic carbocycles. The van der Waals surface area contributed by atoms with Gasteiger partial charge in [-0.2, -0.15) is 0 Å². The molecule has 0 saturated carbocycles. The average Bonchev–Trinajstić information content (AvgIpc) is 2.72. The summed E-state index contributed by atoms with van der Waals surface area (Å²) in [6, 6.07) is 13.2. The van der Waals surface area contributed by atoms with E-state index in [0.717, 1.165) is 6.42 Å². The highest BCUT2D eigenvalue weighted by molar-refractivity contribution is 5.94. The van der Waals surface area contributed by atoms with Gasteiger partial charge in [0.1, 0.15) is 0 Å². The molecule has 0 spiro atoms. The Bertz CT molecular complexity index is 609. The molecule has 2 aromatic rings. The molecule has 0 atom stereocenters. The van der Waals surface area contributed by atoms with Crippen LogP contribution in [0.3, 0.4) is 0 Å². The van der Waals surface area contributed by atoms with Crippen LogP contribution in [0.25, 0.3) is 16.8 Å². The van der Waals surface area contributed by atoms with Crippen molar-refractivity contribution in [2.45, 2.75) is 27.2 Å². The number of benzene rings is 2. The van der Waals surface area contributed by atoms with Crippen LogP contribution >= 0.6 is 0 Å². The Morgan fingerprint density at radius 1 is 0.941 bits per heavy atom. The minimum Gasteiger partial charge on any atom is -0.0616 e. The zero-order chi connectivity index (χ0) is 12.0. The van der Waals surface area contributed by atoms with Gasteiger partial charge in [-0.1, -0.05) is 68.8 Å². The van der Waals surface area contributed by atoms with Crippen molar-refractivity contribution >= 4 is 16.8 Å². The highest BCUT2D eigenvalue weighted by Gasteiger charge is 2.23. The second-order valence-electron chi connectivity index (χ2n) is 5.96. The van der Waals surface area contributed by atoms with Gasteiger partial charge in [0.2, 0.25) is 0 Å². The van der Waals surface area contributed by atoms with E-state index >= 15 is 0 Å². The maximum Gasteiger partial charge on any atom is -0.00523 e. The predicted octanol–water partition coefficient (Wildman–Crippen LogP) is 4.83. The summed E-state index contributed by atoms with van der Waals surface area (Å²) in [5, 5.41) is 2.74. The van der Waals surface area contributed by atoms with Gasteiger partial charge >= 0.3 is 0 Å². The zero-order valence-electron chi connectivity index (χ0n) is 10.7. The first-order valence-corrected chi connectivity index (χ1v) is 6.27. The molecule has 3 rings (SSSR count). The second kappa shape index (κ2) is 3.46. The van der Waals surface area contributed by atoms with E-state index in [-0.39, 0.29) is 5.41 Å². The summed E-state index contributed by atoms with van der Waals surface area (Å²) >= 11 is 0. The van der Waals surface area contributed by atoms with E-state index in [9.17, 15) is 0 Å². The quantitative estimate of drug-likeness (QED) is 0.599. The van der Waals surface area contributed by atoms with Crippen molar-refractivity contribution < 1.29 is 0 Å². The largest absolute Gasteiger partial charge is 0.0616 e. The molecule has 0 heteroatoms. The van der Waals surface area contributed by atoms with Crippen molar-refractivity contribution in [1.29, 1.82) is 0 Å². The standard InChI is InChI=1S/C17H18/c1-17(2,3)14-10-13-9-8-12-6-4-5-7-15(12)16(13)11-14/h4-9,11H,10H2,1-3H3. The van der Waals surface area contributed by atoms with E-state index in [1.807, 2.05) is 0 Å². The van der Waals surface area contributed by atoms with Gasteiger partial charge in [-0.05, 0) is 33.7 Å². The average molecular weight is 222 g/mol. The fourth-order valence-electron chi connectivity index (χ4n) is 2.58. The van der Waals surface area contributed by atoms with E-state index in [2.05, 4.69) is 63.2 Å². The van der Waals surface area contributed by atoms with Crippen molar-refractivity contribution in [1.82, 2.24) is 0 Å². The Morgan fingerprint density at radius 3 is 2.47 bits per heavy atom. The van der Waals surface area contributed by atoms with E-state index in [4.69, 9.17) is 0 Å². The van der Waals surface area contributed by atoms with E-state index < -0.39 is 0 Å². The van der Waals surface area contributed by atoms with Gasteiger partial charge in [-0.15, -0.1) is 0 Å². The number of allylic oxidation sites excluding steroid dienone is 1. The Morgan fingerprint density at radius 2 is 1.71 bits per heavy atom. The van der Waals surface area contributed by atoms with Gasteiger partial charge < -0.3 is 0 Å². The number of hydrogen-bond donors (Lipinski definition) is 0. The second-order valence-corrected chi connectivity index (χ2v) is 5.96. The van der Waals surface area contributed by atoms with Crippen LogP contribution in [0.2, 0.25) is 0 Å². The highest BCUT2D eigenvalue weighted by atomic mass is 14.3. The molecule has 0 aliphatic heterocycles. The summed E-state index contributed by atoms with van der Waals surface area (Å²) in [7, 11) is 0. The van der Waals surface area contributed by atoms with Crippen LogP contribution in [0.15, 0.2) is 42.0 Å². The summed E-state index contributed by atoms with van der Waals surface area (Å²) in [5.74, 6) is 0. The minimum atomic E-state index is 0.278. The third-order valence-corrected chi connectivity index (χ3v) is 3.72. The summed E-state index contributed by atoms with van der Waals surface area (Å²) in [4.78, 5) is 0. The Kier molecular flexibility index (Phi) is 2.16. The summed E-state index contributed by atoms with van der Waals surface area (Å²) < 4.78 is 0. The summed E-state index contributed by atoms with van der Waals surface area (Å²) in [6.45, 7) is 6.90. The van der Waals surface area contributed by atoms with Crippen molar-refractivity contribution in [3.8, 4) is 0 Å². The van der Waals surface area contributed by atoms with Crippen molar-refractivity contribution in [2.24, 2.45) is 5.41 Å². The first kappa shape index (κ1) is 10.6. The van der Waals surface area contributed by atoms with Crippen LogP contribution < -0.4 is 0 Å². The minimum absolute atomic E-state index is 0.278. The molecule has 0 fully saturated rings. The van der Waals surface area contributed by atoms with Crippen LogP contribution in [0.5, 0.6) is 0 Å². The smallest absolute Gasteiger partial charge is 0.00523 e. The Labute approximate surface area is 103 Å². The highest BCUT2D eigenvalue weighted by Crippen LogP contribution is 2.39. The first-order chi connectivity index (χ1) is 8.05. The Balaban J connectivity index is 2.23. The molecule has 1 aliphatic rings. The van der Waals surface area contributed by atoms with Gasteiger partial charge in [-0.25, -0.2) is 0 Å². The normalized spacial score (nSPS) is 14.9. The number of fused-ring (bicyclic) bond motifs is 3. The lowest BCUT2D eigenvalue weighted by atomic mass is 9.85. The molecule has 0 heterocycles. The van der Waals surface area contributed by atoms with Crippen LogP contribution in [-0.4, -0.2) is 0 Å². The zero-order valence-corrected chi connectivity index (χ0v) is 10.7. The molecule has 0 amide bonds. The van der Waals surface area contributed by atoms with Gasteiger partial charge in [0.05, 0.1) is 0 Å². The molecule has 0 bridgehead atoms. The molecule has 0 aromatic heterocycles. The van der Waals surface area contributed by atoms with Crippen LogP contribution in [0.1, 0.15) is 31.9 Å². The van der Waals surface area contributed by atoms with Crippen LogP contribution in [-0.2, 0) is 6.42 Å². The van der Waals surface area contributed by atoms with E-state index in [1.165, 1.54) is 21.9 Å². The lowest BCUT2D eigenvalue weighted by Gasteiger charge is -2.19. The molecule has 0 radical (unpaired) electrons. The first-order valence-electron chi connectivity index (χ1n) is 6.27. The molecule has 0 nitrogen and oxygen atoms in total. The van der Waals surface area contributed by atoms with E-state index in [1.54, 1.807) is 5.57 Å². The molecule has 0 N–H and O–H groups in total. The van der Waals surface area contributed by atoms with Crippen molar-refractivity contribution in [3.63, 3.8) is 0 Å². The van der Waals surface area contributed by atoms with E-state index in [0.29, 0.717) is 0 Å². The molecule has 17 heavy (non-hydrogen) atoms. The molecule has 86 valence electrons. The monoisotopic (exact) mass is 222 g/mol. The van der Waals surface area contributed by atoms with Crippen LogP contribution in [0.4, 0.5) is 0 Å². The maximum atomic E-state index is 2.40. The number of rotatable bonds is 0.